The molecular weight excluding hydrogens is 242 g/mol. The molecule has 1 aromatic rings. The van der Waals surface area contributed by atoms with Crippen molar-refractivity contribution in [3.63, 3.8) is 0 Å². The van der Waals surface area contributed by atoms with Crippen molar-refractivity contribution >= 4 is 29.0 Å². The van der Waals surface area contributed by atoms with Crippen LogP contribution < -0.4 is 0 Å². The summed E-state index contributed by atoms with van der Waals surface area (Å²) in [5, 5.41) is 0. The molecule has 1 aliphatic rings. The van der Waals surface area contributed by atoms with E-state index in [0.29, 0.717) is 5.92 Å². The van der Waals surface area contributed by atoms with Gasteiger partial charge in [-0.05, 0) is 25.8 Å². The summed E-state index contributed by atoms with van der Waals surface area (Å²) in [6.45, 7) is 13.1. The Hall–Kier alpha value is -1.35. The Morgan fingerprint density at radius 2 is 2.06 bits per heavy atom. The molecule has 0 fully saturated rings. The Morgan fingerprint density at radius 3 is 2.61 bits per heavy atom. The van der Waals surface area contributed by atoms with Gasteiger partial charge < -0.3 is 4.90 Å². The molecule has 0 aliphatic carbocycles. The number of amides is 1. The van der Waals surface area contributed by atoms with Gasteiger partial charge in [-0.15, -0.1) is 11.3 Å². The molecule has 1 amide bonds. The average molecular weight is 261 g/mol. The number of allylic oxidation sites excluding steroid dienone is 1. The van der Waals surface area contributed by atoms with Gasteiger partial charge >= 0.3 is 0 Å². The predicted octanol–water partition coefficient (Wildman–Crippen LogP) is 4.17. The van der Waals surface area contributed by atoms with E-state index in [0.717, 1.165) is 28.2 Å². The molecule has 18 heavy (non-hydrogen) atoms. The van der Waals surface area contributed by atoms with Crippen LogP contribution in [-0.2, 0) is 0 Å². The standard InChI is InChI=1S/C15H19NOS/c1-6-7-12-14-13(11(5)18-12)10(4)16(15(14)17)8-9(2)3/h6-7,9H,4,8H2,1-3,5H3/b7-6+. The van der Waals surface area contributed by atoms with E-state index in [1.165, 1.54) is 4.88 Å². The Labute approximate surface area is 113 Å². The van der Waals surface area contributed by atoms with E-state index in [1.807, 2.05) is 24.0 Å². The smallest absolute Gasteiger partial charge is 0.260 e. The minimum absolute atomic E-state index is 0.112. The van der Waals surface area contributed by atoms with E-state index < -0.39 is 0 Å². The summed E-state index contributed by atoms with van der Waals surface area (Å²) in [7, 11) is 0. The van der Waals surface area contributed by atoms with Crippen LogP contribution in [0.5, 0.6) is 0 Å². The Morgan fingerprint density at radius 1 is 1.39 bits per heavy atom. The molecule has 1 aliphatic heterocycles. The van der Waals surface area contributed by atoms with Crippen LogP contribution in [0.2, 0.25) is 0 Å². The van der Waals surface area contributed by atoms with Crippen LogP contribution in [0, 0.1) is 12.8 Å². The first kappa shape index (κ1) is 13.1. The number of carbonyl (C=O) groups excluding carboxylic acids is 1. The summed E-state index contributed by atoms with van der Waals surface area (Å²) in [4.78, 5) is 16.6. The average Bonchev–Trinajstić information content (AvgIpc) is 2.72. The molecule has 96 valence electrons. The van der Waals surface area contributed by atoms with E-state index in [9.17, 15) is 4.79 Å². The van der Waals surface area contributed by atoms with E-state index in [1.54, 1.807) is 11.3 Å². The van der Waals surface area contributed by atoms with Crippen molar-refractivity contribution < 1.29 is 4.79 Å². The molecule has 0 atom stereocenters. The molecule has 0 saturated heterocycles. The number of hydrogen-bond donors (Lipinski definition) is 0. The highest BCUT2D eigenvalue weighted by Crippen LogP contribution is 2.41. The van der Waals surface area contributed by atoms with Crippen LogP contribution in [0.3, 0.4) is 0 Å². The van der Waals surface area contributed by atoms with Crippen LogP contribution >= 0.6 is 11.3 Å². The molecule has 0 N–H and O–H groups in total. The maximum absolute atomic E-state index is 12.5. The van der Waals surface area contributed by atoms with Gasteiger partial charge in [0.25, 0.3) is 5.91 Å². The zero-order chi connectivity index (χ0) is 13.4. The number of fused-ring (bicyclic) bond motifs is 1. The molecular formula is C15H19NOS. The van der Waals surface area contributed by atoms with E-state index in [4.69, 9.17) is 0 Å². The monoisotopic (exact) mass is 261 g/mol. The van der Waals surface area contributed by atoms with Gasteiger partial charge in [0.2, 0.25) is 0 Å². The first-order valence-corrected chi connectivity index (χ1v) is 7.06. The van der Waals surface area contributed by atoms with Crippen LogP contribution in [0.25, 0.3) is 11.8 Å². The maximum atomic E-state index is 12.5. The second-order valence-electron chi connectivity index (χ2n) is 5.03. The second kappa shape index (κ2) is 4.73. The third-order valence-electron chi connectivity index (χ3n) is 3.05. The molecule has 2 rings (SSSR count). The zero-order valence-corrected chi connectivity index (χ0v) is 12.2. The van der Waals surface area contributed by atoms with Gasteiger partial charge in [0, 0.05) is 27.6 Å². The van der Waals surface area contributed by atoms with Crippen molar-refractivity contribution in [1.82, 2.24) is 4.90 Å². The fourth-order valence-corrected chi connectivity index (χ4v) is 3.49. The molecule has 2 nitrogen and oxygen atoms in total. The molecule has 0 saturated carbocycles. The van der Waals surface area contributed by atoms with Crippen molar-refractivity contribution in [2.75, 3.05) is 6.54 Å². The Bertz CT molecular complexity index is 537. The van der Waals surface area contributed by atoms with E-state index in [-0.39, 0.29) is 5.91 Å². The summed E-state index contributed by atoms with van der Waals surface area (Å²) in [5.41, 5.74) is 2.77. The highest BCUT2D eigenvalue weighted by atomic mass is 32.1. The molecule has 2 heterocycles. The second-order valence-corrected chi connectivity index (χ2v) is 6.29. The maximum Gasteiger partial charge on any atom is 0.260 e. The molecule has 3 heteroatoms. The van der Waals surface area contributed by atoms with Crippen LogP contribution in [0.15, 0.2) is 12.7 Å². The minimum Gasteiger partial charge on any atom is -0.308 e. The van der Waals surface area contributed by atoms with Crippen LogP contribution in [-0.4, -0.2) is 17.4 Å². The molecule has 0 radical (unpaired) electrons. The highest BCUT2D eigenvalue weighted by Gasteiger charge is 2.36. The highest BCUT2D eigenvalue weighted by molar-refractivity contribution is 7.13. The number of nitrogens with zero attached hydrogens (tertiary/aromatic N) is 1. The molecule has 0 spiro atoms. The van der Waals surface area contributed by atoms with Gasteiger partial charge in [-0.25, -0.2) is 0 Å². The minimum atomic E-state index is 0.112. The van der Waals surface area contributed by atoms with Gasteiger partial charge in [0.15, 0.2) is 0 Å². The lowest BCUT2D eigenvalue weighted by molar-refractivity contribution is 0.0839. The van der Waals surface area contributed by atoms with Crippen molar-refractivity contribution in [3.05, 3.63) is 33.5 Å². The summed E-state index contributed by atoms with van der Waals surface area (Å²) >= 11 is 1.67. The lowest BCUT2D eigenvalue weighted by Gasteiger charge is -2.20. The number of rotatable bonds is 3. The number of carbonyl (C=O) groups is 1. The molecule has 0 aromatic carbocycles. The predicted molar refractivity (Wildman–Crippen MR) is 78.7 cm³/mol. The third-order valence-corrected chi connectivity index (χ3v) is 4.12. The normalized spacial score (nSPS) is 15.3. The van der Waals surface area contributed by atoms with Crippen LogP contribution in [0.4, 0.5) is 0 Å². The lowest BCUT2D eigenvalue weighted by atomic mass is 10.1. The number of aryl methyl sites for hydroxylation is 1. The van der Waals surface area contributed by atoms with Crippen molar-refractivity contribution in [2.45, 2.75) is 27.7 Å². The van der Waals surface area contributed by atoms with Gasteiger partial charge in [-0.1, -0.05) is 26.5 Å². The molecule has 0 bridgehead atoms. The zero-order valence-electron chi connectivity index (χ0n) is 11.4. The number of thiophene rings is 1. The van der Waals surface area contributed by atoms with E-state index in [2.05, 4.69) is 27.4 Å². The fraction of sp³-hybridized carbons (Fsp3) is 0.400. The largest absolute Gasteiger partial charge is 0.308 e. The number of hydrogen-bond acceptors (Lipinski definition) is 2. The SMILES string of the molecule is C=C1c2c(C)sc(/C=C/C)c2C(=O)N1CC(C)C. The van der Waals surface area contributed by atoms with Crippen molar-refractivity contribution in [3.8, 4) is 0 Å². The Balaban J connectivity index is 2.49. The van der Waals surface area contributed by atoms with E-state index >= 15 is 0 Å². The van der Waals surface area contributed by atoms with Crippen molar-refractivity contribution in [2.24, 2.45) is 5.92 Å². The third kappa shape index (κ3) is 1.93. The molecule has 1 aromatic heterocycles. The quantitative estimate of drug-likeness (QED) is 0.799. The topological polar surface area (TPSA) is 20.3 Å². The van der Waals surface area contributed by atoms with Gasteiger partial charge in [0.05, 0.1) is 5.56 Å². The van der Waals surface area contributed by atoms with Gasteiger partial charge in [-0.2, -0.15) is 0 Å². The van der Waals surface area contributed by atoms with Gasteiger partial charge in [0.1, 0.15) is 0 Å². The first-order valence-electron chi connectivity index (χ1n) is 6.24. The summed E-state index contributed by atoms with van der Waals surface area (Å²) in [6.07, 6.45) is 3.99. The summed E-state index contributed by atoms with van der Waals surface area (Å²) in [5.74, 6) is 0.560. The van der Waals surface area contributed by atoms with Crippen molar-refractivity contribution in [1.29, 1.82) is 0 Å². The first-order chi connectivity index (χ1) is 8.47. The summed E-state index contributed by atoms with van der Waals surface area (Å²) in [6, 6.07) is 0. The summed E-state index contributed by atoms with van der Waals surface area (Å²) < 4.78 is 0. The Kier molecular flexibility index (Phi) is 3.44. The van der Waals surface area contributed by atoms with Crippen LogP contribution in [0.1, 0.15) is 46.4 Å². The fourth-order valence-electron chi connectivity index (χ4n) is 2.35. The lowest BCUT2D eigenvalue weighted by Crippen LogP contribution is -2.27. The van der Waals surface area contributed by atoms with Gasteiger partial charge in [-0.3, -0.25) is 4.79 Å². The molecule has 0 unspecified atom stereocenters.